The lowest BCUT2D eigenvalue weighted by Crippen LogP contribution is -2.38. The molecule has 0 aromatic carbocycles. The number of rotatable bonds is 4. The summed E-state index contributed by atoms with van der Waals surface area (Å²) < 4.78 is 2.78. The molecule has 25 heavy (non-hydrogen) atoms. The van der Waals surface area contributed by atoms with Gasteiger partial charge in [-0.2, -0.15) is 5.10 Å². The maximum Gasteiger partial charge on any atom is 0.272 e. The average molecular weight is 374 g/mol. The molecule has 1 saturated carbocycles. The molecule has 1 amide bonds. The van der Waals surface area contributed by atoms with E-state index in [2.05, 4.69) is 25.8 Å². The lowest BCUT2D eigenvalue weighted by atomic mass is 9.95. The molecule has 0 bridgehead atoms. The van der Waals surface area contributed by atoms with Gasteiger partial charge in [-0.05, 0) is 38.7 Å². The van der Waals surface area contributed by atoms with Crippen LogP contribution in [0.15, 0.2) is 34.2 Å². The fourth-order valence-electron chi connectivity index (χ4n) is 3.05. The first-order valence-electron chi connectivity index (χ1n) is 8.37. The van der Waals surface area contributed by atoms with Crippen LogP contribution in [0.2, 0.25) is 0 Å². The first-order valence-corrected chi connectivity index (χ1v) is 10.1. The predicted octanol–water partition coefficient (Wildman–Crippen LogP) is 3.33. The highest BCUT2D eigenvalue weighted by Gasteiger charge is 2.25. The van der Waals surface area contributed by atoms with Crippen LogP contribution in [-0.2, 0) is 0 Å². The zero-order valence-electron chi connectivity index (χ0n) is 13.9. The molecule has 1 aliphatic carbocycles. The van der Waals surface area contributed by atoms with Crippen molar-refractivity contribution in [2.75, 3.05) is 0 Å². The summed E-state index contributed by atoms with van der Waals surface area (Å²) in [5.41, 5.74) is 2.20. The van der Waals surface area contributed by atoms with E-state index in [0.29, 0.717) is 16.6 Å². The van der Waals surface area contributed by atoms with E-state index in [1.165, 1.54) is 0 Å². The summed E-state index contributed by atoms with van der Waals surface area (Å²) in [6, 6.07) is 3.74. The van der Waals surface area contributed by atoms with Crippen molar-refractivity contribution >= 4 is 34.7 Å². The quantitative estimate of drug-likeness (QED) is 0.759. The number of nitrogens with one attached hydrogen (secondary N) is 1. The molecule has 1 N–H and O–H groups in total. The van der Waals surface area contributed by atoms with E-state index >= 15 is 0 Å². The van der Waals surface area contributed by atoms with Crippen molar-refractivity contribution in [2.45, 2.75) is 48.2 Å². The van der Waals surface area contributed by atoms with Gasteiger partial charge in [0.05, 0.1) is 0 Å². The first-order chi connectivity index (χ1) is 12.2. The zero-order valence-corrected chi connectivity index (χ0v) is 15.5. The maximum absolute atomic E-state index is 12.4. The van der Waals surface area contributed by atoms with Gasteiger partial charge in [0.25, 0.3) is 5.91 Å². The number of thiazole rings is 1. The van der Waals surface area contributed by atoms with Gasteiger partial charge in [-0.1, -0.05) is 11.8 Å². The molecule has 1 fully saturated rings. The smallest absolute Gasteiger partial charge is 0.272 e. The fraction of sp³-hybridized carbons (Fsp3) is 0.412. The minimum absolute atomic E-state index is 0.114. The van der Waals surface area contributed by atoms with E-state index < -0.39 is 0 Å². The van der Waals surface area contributed by atoms with Crippen LogP contribution in [-0.4, -0.2) is 36.8 Å². The van der Waals surface area contributed by atoms with Gasteiger partial charge in [0, 0.05) is 40.8 Å². The monoisotopic (exact) mass is 373 g/mol. The Labute approximate surface area is 154 Å². The fourth-order valence-corrected chi connectivity index (χ4v) is 5.34. The Kier molecular flexibility index (Phi) is 4.72. The van der Waals surface area contributed by atoms with Crippen LogP contribution in [0.5, 0.6) is 0 Å². The molecule has 0 aliphatic heterocycles. The van der Waals surface area contributed by atoms with E-state index in [1.807, 2.05) is 18.7 Å². The molecule has 3 aromatic rings. The third kappa shape index (κ3) is 3.85. The van der Waals surface area contributed by atoms with Crippen molar-refractivity contribution in [1.82, 2.24) is 24.9 Å². The number of aryl methyl sites for hydroxylation is 1. The van der Waals surface area contributed by atoms with E-state index in [0.717, 1.165) is 35.7 Å². The summed E-state index contributed by atoms with van der Waals surface area (Å²) >= 11 is 3.60. The van der Waals surface area contributed by atoms with Gasteiger partial charge in [0.1, 0.15) is 4.34 Å². The van der Waals surface area contributed by atoms with Gasteiger partial charge in [-0.25, -0.2) is 14.5 Å². The van der Waals surface area contributed by atoms with Gasteiger partial charge in [-0.15, -0.1) is 11.3 Å². The molecule has 0 radical (unpaired) electrons. The van der Waals surface area contributed by atoms with Gasteiger partial charge in [-0.3, -0.25) is 4.79 Å². The standard InChI is InChI=1S/C17H19N5OS2/c1-11-10-24-17(19-11)25-13-5-3-12(4-6-13)20-16(23)14-9-15-18-7-2-8-22(15)21-14/h2,7-10,12-13H,3-6H2,1H3,(H,20,23). The Morgan fingerprint density at radius 2 is 2.20 bits per heavy atom. The predicted molar refractivity (Wildman–Crippen MR) is 99.2 cm³/mol. The van der Waals surface area contributed by atoms with E-state index in [1.54, 1.807) is 40.4 Å². The van der Waals surface area contributed by atoms with Gasteiger partial charge in [0.2, 0.25) is 0 Å². The molecular weight excluding hydrogens is 354 g/mol. The Balaban J connectivity index is 1.31. The topological polar surface area (TPSA) is 72.2 Å². The second kappa shape index (κ2) is 7.13. The van der Waals surface area contributed by atoms with Crippen molar-refractivity contribution in [3.8, 4) is 0 Å². The second-order valence-electron chi connectivity index (χ2n) is 6.27. The highest BCUT2D eigenvalue weighted by Crippen LogP contribution is 2.35. The molecule has 0 spiro atoms. The lowest BCUT2D eigenvalue weighted by Gasteiger charge is -2.28. The van der Waals surface area contributed by atoms with Gasteiger partial charge >= 0.3 is 0 Å². The molecule has 3 heterocycles. The maximum atomic E-state index is 12.4. The lowest BCUT2D eigenvalue weighted by molar-refractivity contribution is 0.0922. The average Bonchev–Trinajstić information content (AvgIpc) is 3.22. The number of nitrogens with zero attached hydrogens (tertiary/aromatic N) is 4. The third-order valence-electron chi connectivity index (χ3n) is 4.34. The van der Waals surface area contributed by atoms with E-state index in [-0.39, 0.29) is 11.9 Å². The zero-order chi connectivity index (χ0) is 17.2. The molecule has 6 nitrogen and oxygen atoms in total. The third-order valence-corrected chi connectivity index (χ3v) is 6.77. The minimum Gasteiger partial charge on any atom is -0.348 e. The van der Waals surface area contributed by atoms with Gasteiger partial charge in [0.15, 0.2) is 11.3 Å². The van der Waals surface area contributed by atoms with Crippen LogP contribution in [0.4, 0.5) is 0 Å². The number of fused-ring (bicyclic) bond motifs is 1. The number of hydrogen-bond donors (Lipinski definition) is 1. The van der Waals surface area contributed by atoms with Gasteiger partial charge < -0.3 is 5.32 Å². The Hall–Kier alpha value is -1.93. The van der Waals surface area contributed by atoms with E-state index in [4.69, 9.17) is 0 Å². The van der Waals surface area contributed by atoms with Crippen molar-refractivity contribution in [3.05, 3.63) is 41.3 Å². The summed E-state index contributed by atoms with van der Waals surface area (Å²) in [5.74, 6) is -0.114. The summed E-state index contributed by atoms with van der Waals surface area (Å²) in [4.78, 5) is 21.2. The molecule has 0 unspecified atom stereocenters. The molecule has 4 rings (SSSR count). The molecule has 1 aliphatic rings. The number of carbonyl (C=O) groups is 1. The van der Waals surface area contributed by atoms with Crippen LogP contribution in [0.1, 0.15) is 41.9 Å². The largest absolute Gasteiger partial charge is 0.348 e. The van der Waals surface area contributed by atoms with E-state index in [9.17, 15) is 4.79 Å². The molecule has 8 heteroatoms. The summed E-state index contributed by atoms with van der Waals surface area (Å²) in [6.45, 7) is 2.03. The van der Waals surface area contributed by atoms with Crippen LogP contribution in [0, 0.1) is 6.92 Å². The molecule has 130 valence electrons. The van der Waals surface area contributed by atoms with Crippen molar-refractivity contribution < 1.29 is 4.79 Å². The summed E-state index contributed by atoms with van der Waals surface area (Å²) in [6.07, 6.45) is 7.68. The Morgan fingerprint density at radius 1 is 1.36 bits per heavy atom. The highest BCUT2D eigenvalue weighted by molar-refractivity contribution is 8.01. The molecule has 3 aromatic heterocycles. The molecule has 0 atom stereocenters. The normalized spacial score (nSPS) is 20.7. The highest BCUT2D eigenvalue weighted by atomic mass is 32.2. The van der Waals surface area contributed by atoms with Crippen LogP contribution >= 0.6 is 23.1 Å². The number of carbonyl (C=O) groups excluding carboxylic acids is 1. The number of aromatic nitrogens is 4. The summed E-state index contributed by atoms with van der Waals surface area (Å²) in [7, 11) is 0. The van der Waals surface area contributed by atoms with Crippen molar-refractivity contribution in [2.24, 2.45) is 0 Å². The molecule has 0 saturated heterocycles. The Morgan fingerprint density at radius 3 is 2.92 bits per heavy atom. The minimum atomic E-state index is -0.114. The Bertz CT molecular complexity index is 849. The molecular formula is C17H19N5OS2. The van der Waals surface area contributed by atoms with Crippen molar-refractivity contribution in [1.29, 1.82) is 0 Å². The summed E-state index contributed by atoms with van der Waals surface area (Å²) in [5, 5.41) is 10.1. The number of amides is 1. The SMILES string of the molecule is Cc1csc(SC2CCC(NC(=O)c3cc4ncccn4n3)CC2)n1. The van der Waals surface area contributed by atoms with Crippen molar-refractivity contribution in [3.63, 3.8) is 0 Å². The van der Waals surface area contributed by atoms with Crippen LogP contribution < -0.4 is 5.32 Å². The number of hydrogen-bond acceptors (Lipinski definition) is 6. The number of thioether (sulfide) groups is 1. The first kappa shape index (κ1) is 16.5. The van der Waals surface area contributed by atoms with Crippen LogP contribution in [0.25, 0.3) is 5.65 Å². The van der Waals surface area contributed by atoms with Crippen LogP contribution in [0.3, 0.4) is 0 Å². The second-order valence-corrected chi connectivity index (χ2v) is 8.68.